The lowest BCUT2D eigenvalue weighted by Gasteiger charge is -2.20. The van der Waals surface area contributed by atoms with Gasteiger partial charge in [-0.1, -0.05) is 30.3 Å². The number of halogens is 3. The SMILES string of the molecule is CN(Cc1ccccc1OC(F)(F)F)C(=O)CCn1cnc2ccccc21. The predicted molar refractivity (Wildman–Crippen MR) is 93.9 cm³/mol. The van der Waals surface area contributed by atoms with Crippen molar-refractivity contribution in [2.45, 2.75) is 25.9 Å². The first-order chi connectivity index (χ1) is 12.8. The van der Waals surface area contributed by atoms with Crippen LogP contribution in [0.25, 0.3) is 11.0 Å². The van der Waals surface area contributed by atoms with Gasteiger partial charge in [-0.3, -0.25) is 4.79 Å². The summed E-state index contributed by atoms with van der Waals surface area (Å²) in [5, 5.41) is 0. The molecule has 0 aliphatic carbocycles. The maximum atomic E-state index is 12.5. The van der Waals surface area contributed by atoms with Crippen molar-refractivity contribution in [1.82, 2.24) is 14.5 Å². The number of nitrogens with zero attached hydrogens (tertiary/aromatic N) is 3. The topological polar surface area (TPSA) is 47.4 Å². The highest BCUT2D eigenvalue weighted by Gasteiger charge is 2.32. The summed E-state index contributed by atoms with van der Waals surface area (Å²) < 4.78 is 43.4. The molecule has 0 spiro atoms. The van der Waals surface area contributed by atoms with Crippen molar-refractivity contribution < 1.29 is 22.7 Å². The van der Waals surface area contributed by atoms with Crippen LogP contribution in [0.15, 0.2) is 54.9 Å². The van der Waals surface area contributed by atoms with Crippen LogP contribution in [0.3, 0.4) is 0 Å². The van der Waals surface area contributed by atoms with E-state index in [1.54, 1.807) is 19.4 Å². The normalized spacial score (nSPS) is 11.6. The molecule has 0 saturated carbocycles. The van der Waals surface area contributed by atoms with Gasteiger partial charge in [0.25, 0.3) is 0 Å². The van der Waals surface area contributed by atoms with Crippen molar-refractivity contribution in [3.8, 4) is 5.75 Å². The molecule has 27 heavy (non-hydrogen) atoms. The smallest absolute Gasteiger partial charge is 0.405 e. The Kier molecular flexibility index (Phi) is 5.34. The highest BCUT2D eigenvalue weighted by molar-refractivity contribution is 5.77. The summed E-state index contributed by atoms with van der Waals surface area (Å²) in [6.07, 6.45) is -2.90. The summed E-state index contributed by atoms with van der Waals surface area (Å²) in [6, 6.07) is 13.4. The molecule has 0 fully saturated rings. The molecule has 0 saturated heterocycles. The van der Waals surface area contributed by atoms with Crippen molar-refractivity contribution in [1.29, 1.82) is 0 Å². The number of hydrogen-bond acceptors (Lipinski definition) is 3. The molecule has 0 aliphatic heterocycles. The number of para-hydroxylation sites is 3. The third-order valence-corrected chi connectivity index (χ3v) is 4.13. The Morgan fingerprint density at radius 1 is 1.15 bits per heavy atom. The molecular formula is C19H18F3N3O2. The molecule has 3 aromatic rings. The molecule has 0 radical (unpaired) electrons. The molecule has 0 N–H and O–H groups in total. The minimum atomic E-state index is -4.78. The summed E-state index contributed by atoms with van der Waals surface area (Å²) in [6.45, 7) is 0.458. The fourth-order valence-corrected chi connectivity index (χ4v) is 2.80. The summed E-state index contributed by atoms with van der Waals surface area (Å²) in [4.78, 5) is 18.1. The van der Waals surface area contributed by atoms with Crippen LogP contribution in [-0.4, -0.2) is 33.8 Å². The number of aromatic nitrogens is 2. The van der Waals surface area contributed by atoms with Gasteiger partial charge in [-0.15, -0.1) is 13.2 Å². The van der Waals surface area contributed by atoms with Crippen LogP contribution in [0.4, 0.5) is 13.2 Å². The molecule has 0 bridgehead atoms. The van der Waals surface area contributed by atoms with Crippen LogP contribution in [-0.2, 0) is 17.9 Å². The Labute approximate surface area is 154 Å². The number of benzene rings is 2. The van der Waals surface area contributed by atoms with Gasteiger partial charge in [-0.2, -0.15) is 0 Å². The zero-order valence-corrected chi connectivity index (χ0v) is 14.6. The van der Waals surface area contributed by atoms with Gasteiger partial charge in [0.1, 0.15) is 5.75 Å². The number of carbonyl (C=O) groups is 1. The van der Waals surface area contributed by atoms with E-state index in [9.17, 15) is 18.0 Å². The molecule has 0 aliphatic rings. The average molecular weight is 377 g/mol. The lowest BCUT2D eigenvalue weighted by molar-refractivity contribution is -0.275. The van der Waals surface area contributed by atoms with E-state index in [0.29, 0.717) is 12.1 Å². The van der Waals surface area contributed by atoms with E-state index >= 15 is 0 Å². The van der Waals surface area contributed by atoms with Crippen LogP contribution < -0.4 is 4.74 Å². The van der Waals surface area contributed by atoms with E-state index in [2.05, 4.69) is 9.72 Å². The second-order valence-electron chi connectivity index (χ2n) is 6.08. The number of fused-ring (bicyclic) bond motifs is 1. The van der Waals surface area contributed by atoms with Gasteiger partial charge in [0.05, 0.1) is 17.4 Å². The third-order valence-electron chi connectivity index (χ3n) is 4.13. The summed E-state index contributed by atoms with van der Waals surface area (Å²) in [5.74, 6) is -0.486. The van der Waals surface area contributed by atoms with Crippen LogP contribution in [0.1, 0.15) is 12.0 Å². The monoisotopic (exact) mass is 377 g/mol. The average Bonchev–Trinajstić information content (AvgIpc) is 3.03. The zero-order valence-electron chi connectivity index (χ0n) is 14.6. The van der Waals surface area contributed by atoms with Gasteiger partial charge >= 0.3 is 6.36 Å². The molecule has 3 rings (SSSR count). The quantitative estimate of drug-likeness (QED) is 0.653. The minimum Gasteiger partial charge on any atom is -0.405 e. The van der Waals surface area contributed by atoms with Crippen molar-refractivity contribution in [2.24, 2.45) is 0 Å². The largest absolute Gasteiger partial charge is 0.573 e. The molecule has 0 unspecified atom stereocenters. The predicted octanol–water partition coefficient (Wildman–Crippen LogP) is 3.98. The number of imidazole rings is 1. The van der Waals surface area contributed by atoms with Crippen LogP contribution in [0.5, 0.6) is 5.75 Å². The number of carbonyl (C=O) groups excluding carboxylic acids is 1. The van der Waals surface area contributed by atoms with E-state index < -0.39 is 6.36 Å². The summed E-state index contributed by atoms with van der Waals surface area (Å²) >= 11 is 0. The molecule has 1 aromatic heterocycles. The van der Waals surface area contributed by atoms with E-state index in [0.717, 1.165) is 11.0 Å². The zero-order chi connectivity index (χ0) is 19.4. The fourth-order valence-electron chi connectivity index (χ4n) is 2.80. The van der Waals surface area contributed by atoms with E-state index in [-0.39, 0.29) is 24.6 Å². The molecule has 1 heterocycles. The van der Waals surface area contributed by atoms with Gasteiger partial charge in [-0.25, -0.2) is 4.98 Å². The number of ether oxygens (including phenoxy) is 1. The highest BCUT2D eigenvalue weighted by atomic mass is 19.4. The van der Waals surface area contributed by atoms with Crippen molar-refractivity contribution in [3.63, 3.8) is 0 Å². The molecule has 0 atom stereocenters. The first kappa shape index (κ1) is 18.8. The Morgan fingerprint density at radius 3 is 2.63 bits per heavy atom. The van der Waals surface area contributed by atoms with Gasteiger partial charge in [-0.05, 0) is 18.2 Å². The Hall–Kier alpha value is -3.03. The number of hydrogen-bond donors (Lipinski definition) is 0. The van der Waals surface area contributed by atoms with Crippen LogP contribution in [0.2, 0.25) is 0 Å². The number of alkyl halides is 3. The maximum Gasteiger partial charge on any atom is 0.573 e. The molecule has 5 nitrogen and oxygen atoms in total. The highest BCUT2D eigenvalue weighted by Crippen LogP contribution is 2.27. The van der Waals surface area contributed by atoms with E-state index in [1.165, 1.54) is 23.1 Å². The second-order valence-corrected chi connectivity index (χ2v) is 6.08. The first-order valence-electron chi connectivity index (χ1n) is 8.31. The standard InChI is InChI=1S/C19H18F3N3O2/c1-24(12-14-6-2-5-9-17(14)27-19(20,21)22)18(26)10-11-25-13-23-15-7-3-4-8-16(15)25/h2-9,13H,10-12H2,1H3. The van der Waals surface area contributed by atoms with E-state index in [1.807, 2.05) is 28.8 Å². The Bertz CT molecular complexity index is 937. The maximum absolute atomic E-state index is 12.5. The first-order valence-corrected chi connectivity index (χ1v) is 8.31. The number of rotatable bonds is 6. The number of amides is 1. The van der Waals surface area contributed by atoms with Crippen LogP contribution >= 0.6 is 0 Å². The lowest BCUT2D eigenvalue weighted by atomic mass is 10.2. The summed E-state index contributed by atoms with van der Waals surface area (Å²) in [5.41, 5.74) is 2.06. The lowest BCUT2D eigenvalue weighted by Crippen LogP contribution is -2.27. The van der Waals surface area contributed by atoms with Gasteiger partial charge in [0.2, 0.25) is 5.91 Å². The van der Waals surface area contributed by atoms with E-state index in [4.69, 9.17) is 0 Å². The fraction of sp³-hybridized carbons (Fsp3) is 0.263. The van der Waals surface area contributed by atoms with Crippen molar-refractivity contribution in [2.75, 3.05) is 7.05 Å². The van der Waals surface area contributed by atoms with Gasteiger partial charge in [0.15, 0.2) is 0 Å². The molecule has 2 aromatic carbocycles. The third kappa shape index (κ3) is 4.78. The molecular weight excluding hydrogens is 359 g/mol. The summed E-state index contributed by atoms with van der Waals surface area (Å²) in [7, 11) is 1.55. The molecule has 8 heteroatoms. The Balaban J connectivity index is 1.63. The molecule has 142 valence electrons. The minimum absolute atomic E-state index is 0.0236. The Morgan fingerprint density at radius 2 is 1.85 bits per heavy atom. The number of aryl methyl sites for hydroxylation is 1. The van der Waals surface area contributed by atoms with Gasteiger partial charge < -0.3 is 14.2 Å². The second kappa shape index (κ2) is 7.69. The van der Waals surface area contributed by atoms with Crippen LogP contribution in [0, 0.1) is 0 Å². The van der Waals surface area contributed by atoms with Crippen molar-refractivity contribution >= 4 is 16.9 Å². The van der Waals surface area contributed by atoms with Gasteiger partial charge in [0, 0.05) is 32.1 Å². The molecule has 1 amide bonds. The van der Waals surface area contributed by atoms with Crippen molar-refractivity contribution in [3.05, 3.63) is 60.4 Å².